The maximum Gasteiger partial charge on any atom is 0.0203 e. The Morgan fingerprint density at radius 3 is 1.64 bits per heavy atom. The average molecular weight is 335 g/mol. The van der Waals surface area contributed by atoms with Gasteiger partial charge < -0.3 is 0 Å². The van der Waals surface area contributed by atoms with Crippen molar-refractivity contribution in [3.8, 4) is 0 Å². The molecule has 0 heterocycles. The topological polar surface area (TPSA) is 0 Å². The number of hydrogen-bond donors (Lipinski definition) is 0. The van der Waals surface area contributed by atoms with E-state index in [2.05, 4.69) is 74.5 Å². The predicted octanol–water partition coefficient (Wildman–Crippen LogP) is 7.52. The second-order valence-corrected chi connectivity index (χ2v) is 8.12. The van der Waals surface area contributed by atoms with Crippen molar-refractivity contribution in [1.29, 1.82) is 0 Å². The molecule has 134 valence electrons. The van der Waals surface area contributed by atoms with E-state index in [4.69, 9.17) is 0 Å². The standard InChI is InChI=1S/C25H34/c1-3-5-12-17-24(4-2)18-20-25(21-19-24,22-13-8-6-9-14-22)23-15-10-7-11-16-23/h6-11,13-16H,3-5,12,17-21H2,1-2H3. The van der Waals surface area contributed by atoms with Crippen LogP contribution in [0.15, 0.2) is 60.7 Å². The van der Waals surface area contributed by atoms with Crippen molar-refractivity contribution in [2.75, 3.05) is 0 Å². The Bertz CT molecular complexity index is 576. The molecule has 0 radical (unpaired) electrons. The van der Waals surface area contributed by atoms with E-state index < -0.39 is 0 Å². The van der Waals surface area contributed by atoms with Gasteiger partial charge in [0.1, 0.15) is 0 Å². The highest BCUT2D eigenvalue weighted by atomic mass is 14.5. The SMILES string of the molecule is CCCCCC1(CC)CCC(c2ccccc2)(c2ccccc2)CC1. The summed E-state index contributed by atoms with van der Waals surface area (Å²) in [5, 5.41) is 0. The molecule has 2 aromatic rings. The van der Waals surface area contributed by atoms with Gasteiger partial charge in [-0.05, 0) is 48.6 Å². The van der Waals surface area contributed by atoms with Gasteiger partial charge in [-0.2, -0.15) is 0 Å². The fourth-order valence-corrected chi connectivity index (χ4v) is 5.00. The van der Waals surface area contributed by atoms with Gasteiger partial charge in [0.15, 0.2) is 0 Å². The van der Waals surface area contributed by atoms with Gasteiger partial charge in [-0.1, -0.05) is 100 Å². The molecule has 0 spiro atoms. The summed E-state index contributed by atoms with van der Waals surface area (Å²) in [6, 6.07) is 22.5. The molecule has 0 nitrogen and oxygen atoms in total. The van der Waals surface area contributed by atoms with Crippen LogP contribution in [0.2, 0.25) is 0 Å². The van der Waals surface area contributed by atoms with Crippen LogP contribution in [0.3, 0.4) is 0 Å². The predicted molar refractivity (Wildman–Crippen MR) is 109 cm³/mol. The van der Waals surface area contributed by atoms with Gasteiger partial charge in [0.2, 0.25) is 0 Å². The third-order valence-corrected chi connectivity index (χ3v) is 6.88. The van der Waals surface area contributed by atoms with E-state index in [1.54, 1.807) is 0 Å². The normalized spacial score (nSPS) is 18.8. The van der Waals surface area contributed by atoms with E-state index in [1.807, 2.05) is 0 Å². The van der Waals surface area contributed by atoms with Crippen LogP contribution in [0.4, 0.5) is 0 Å². The highest BCUT2D eigenvalue weighted by Crippen LogP contribution is 2.53. The lowest BCUT2D eigenvalue weighted by atomic mass is 9.57. The summed E-state index contributed by atoms with van der Waals surface area (Å²) >= 11 is 0. The summed E-state index contributed by atoms with van der Waals surface area (Å²) < 4.78 is 0. The van der Waals surface area contributed by atoms with Crippen LogP contribution in [0.5, 0.6) is 0 Å². The third-order valence-electron chi connectivity index (χ3n) is 6.88. The first-order valence-electron chi connectivity index (χ1n) is 10.4. The molecule has 0 aromatic heterocycles. The van der Waals surface area contributed by atoms with Crippen LogP contribution in [-0.2, 0) is 5.41 Å². The van der Waals surface area contributed by atoms with Gasteiger partial charge in [0.25, 0.3) is 0 Å². The van der Waals surface area contributed by atoms with Gasteiger partial charge in [-0.3, -0.25) is 0 Å². The van der Waals surface area contributed by atoms with Crippen molar-refractivity contribution in [2.45, 2.75) is 77.0 Å². The zero-order valence-corrected chi connectivity index (χ0v) is 16.1. The Morgan fingerprint density at radius 1 is 0.680 bits per heavy atom. The first-order valence-corrected chi connectivity index (χ1v) is 10.4. The van der Waals surface area contributed by atoms with Crippen LogP contribution < -0.4 is 0 Å². The van der Waals surface area contributed by atoms with Crippen LogP contribution in [0.1, 0.15) is 82.8 Å². The summed E-state index contributed by atoms with van der Waals surface area (Å²) in [6.07, 6.45) is 12.2. The molecule has 2 aromatic carbocycles. The summed E-state index contributed by atoms with van der Waals surface area (Å²) in [5.41, 5.74) is 3.83. The van der Waals surface area contributed by atoms with Gasteiger partial charge in [0.05, 0.1) is 0 Å². The van der Waals surface area contributed by atoms with E-state index in [0.717, 1.165) is 0 Å². The van der Waals surface area contributed by atoms with E-state index >= 15 is 0 Å². The molecule has 25 heavy (non-hydrogen) atoms. The van der Waals surface area contributed by atoms with Gasteiger partial charge in [-0.25, -0.2) is 0 Å². The number of benzene rings is 2. The van der Waals surface area contributed by atoms with Crippen molar-refractivity contribution in [3.63, 3.8) is 0 Å². The maximum atomic E-state index is 2.42. The molecule has 0 amide bonds. The van der Waals surface area contributed by atoms with Crippen molar-refractivity contribution < 1.29 is 0 Å². The first kappa shape index (κ1) is 18.2. The quantitative estimate of drug-likeness (QED) is 0.459. The largest absolute Gasteiger partial charge is 0.0654 e. The first-order chi connectivity index (χ1) is 12.2. The molecule has 0 saturated heterocycles. The average Bonchev–Trinajstić information content (AvgIpc) is 2.70. The van der Waals surface area contributed by atoms with Crippen LogP contribution in [0.25, 0.3) is 0 Å². The minimum absolute atomic E-state index is 0.214. The molecule has 0 bridgehead atoms. The summed E-state index contributed by atoms with van der Waals surface area (Å²) in [4.78, 5) is 0. The van der Waals surface area contributed by atoms with Gasteiger partial charge in [0, 0.05) is 5.41 Å². The van der Waals surface area contributed by atoms with E-state index in [-0.39, 0.29) is 5.41 Å². The highest BCUT2D eigenvalue weighted by molar-refractivity contribution is 5.40. The molecule has 0 heteroatoms. The van der Waals surface area contributed by atoms with Gasteiger partial charge in [-0.15, -0.1) is 0 Å². The van der Waals surface area contributed by atoms with Crippen LogP contribution in [0, 0.1) is 5.41 Å². The summed E-state index contributed by atoms with van der Waals surface area (Å²) in [6.45, 7) is 4.74. The number of rotatable bonds is 7. The Kier molecular flexibility index (Phi) is 5.99. The lowest BCUT2D eigenvalue weighted by molar-refractivity contribution is 0.122. The molecule has 1 aliphatic rings. The number of hydrogen-bond acceptors (Lipinski definition) is 0. The summed E-state index contributed by atoms with van der Waals surface area (Å²) in [5.74, 6) is 0. The molecule has 1 fully saturated rings. The minimum atomic E-state index is 0.214. The van der Waals surface area contributed by atoms with Crippen LogP contribution in [-0.4, -0.2) is 0 Å². The second-order valence-electron chi connectivity index (χ2n) is 8.12. The maximum absolute atomic E-state index is 2.42. The monoisotopic (exact) mass is 334 g/mol. The molecule has 0 N–H and O–H groups in total. The fraction of sp³-hybridized carbons (Fsp3) is 0.520. The van der Waals surface area contributed by atoms with E-state index in [9.17, 15) is 0 Å². The smallest absolute Gasteiger partial charge is 0.0203 e. The number of unbranched alkanes of at least 4 members (excludes halogenated alkanes) is 2. The Morgan fingerprint density at radius 2 is 1.20 bits per heavy atom. The second kappa shape index (κ2) is 8.21. The third kappa shape index (κ3) is 3.84. The zero-order valence-electron chi connectivity index (χ0n) is 16.1. The minimum Gasteiger partial charge on any atom is -0.0654 e. The molecule has 1 saturated carbocycles. The summed E-state index contributed by atoms with van der Waals surface area (Å²) in [7, 11) is 0. The zero-order chi connectivity index (χ0) is 17.6. The molecular weight excluding hydrogens is 300 g/mol. The van der Waals surface area contributed by atoms with Gasteiger partial charge >= 0.3 is 0 Å². The Hall–Kier alpha value is -1.56. The molecule has 3 rings (SSSR count). The highest BCUT2D eigenvalue weighted by Gasteiger charge is 2.43. The van der Waals surface area contributed by atoms with E-state index in [1.165, 1.54) is 68.9 Å². The molecule has 1 aliphatic carbocycles. The molecule has 0 unspecified atom stereocenters. The molecule has 0 aliphatic heterocycles. The lowest BCUT2D eigenvalue weighted by Gasteiger charge is -2.47. The van der Waals surface area contributed by atoms with Crippen molar-refractivity contribution in [2.24, 2.45) is 5.41 Å². The molecular formula is C25H34. The Labute approximate surface area is 154 Å². The Balaban J connectivity index is 1.87. The van der Waals surface area contributed by atoms with Crippen molar-refractivity contribution in [3.05, 3.63) is 71.8 Å². The van der Waals surface area contributed by atoms with Crippen LogP contribution >= 0.6 is 0 Å². The van der Waals surface area contributed by atoms with E-state index in [0.29, 0.717) is 5.41 Å². The fourth-order valence-electron chi connectivity index (χ4n) is 5.00. The lowest BCUT2D eigenvalue weighted by Crippen LogP contribution is -2.38. The van der Waals surface area contributed by atoms with Crippen molar-refractivity contribution >= 4 is 0 Å². The molecule has 0 atom stereocenters. The van der Waals surface area contributed by atoms with Crippen molar-refractivity contribution in [1.82, 2.24) is 0 Å².